The molecule has 0 saturated heterocycles. The fourth-order valence-corrected chi connectivity index (χ4v) is 3.12. The summed E-state index contributed by atoms with van der Waals surface area (Å²) in [4.78, 5) is 0. The lowest BCUT2D eigenvalue weighted by atomic mass is 10.1. The summed E-state index contributed by atoms with van der Waals surface area (Å²) in [5, 5.41) is 0. The zero-order valence-corrected chi connectivity index (χ0v) is 9.54. The topological polar surface area (TPSA) is 43.1 Å². The van der Waals surface area contributed by atoms with E-state index >= 15 is 0 Å². The second kappa shape index (κ2) is 4.64. The summed E-state index contributed by atoms with van der Waals surface area (Å²) in [6, 6.07) is 0. The molecule has 4 heteroatoms. The van der Waals surface area contributed by atoms with Crippen molar-refractivity contribution in [3.05, 3.63) is 0 Å². The number of halogens is 1. The van der Waals surface area contributed by atoms with Gasteiger partial charge in [0.15, 0.2) is 0 Å². The molecular weight excluding hydrogens is 193 g/mol. The average molecular weight is 212 g/mol. The Hall–Kier alpha value is 0.480. The van der Waals surface area contributed by atoms with Gasteiger partial charge in [-0.2, -0.15) is 0 Å². The molecule has 0 radical (unpaired) electrons. The molecule has 0 aromatic heterocycles. The molecule has 1 rings (SSSR count). The highest BCUT2D eigenvalue weighted by molar-refractivity contribution is 7.63. The predicted octanol–water partition coefficient (Wildman–Crippen LogP) is 2.51. The molecule has 0 bridgehead atoms. The van der Waals surface area contributed by atoms with Gasteiger partial charge in [0.1, 0.15) is 0 Å². The number of rotatable bonds is 2. The van der Waals surface area contributed by atoms with E-state index in [9.17, 15) is 4.57 Å². The lowest BCUT2D eigenvalue weighted by Crippen LogP contribution is -2.27. The van der Waals surface area contributed by atoms with Gasteiger partial charge in [0.05, 0.1) is 12.9 Å². The minimum absolute atomic E-state index is 0. The van der Waals surface area contributed by atoms with Crippen LogP contribution in [0.25, 0.3) is 0 Å². The van der Waals surface area contributed by atoms with Crippen molar-refractivity contribution in [1.82, 2.24) is 0 Å². The third kappa shape index (κ3) is 3.08. The standard InChI is InChI=1S/C8H18NOP.ClH/c1-11(2,10)8(9)7-5-3-4-6-7;/h7-8H,3-6,9H2,1-2H3;1H/t8-;/m0./s1. The van der Waals surface area contributed by atoms with Gasteiger partial charge in [0, 0.05) is 0 Å². The van der Waals surface area contributed by atoms with Crippen molar-refractivity contribution in [2.75, 3.05) is 13.3 Å². The van der Waals surface area contributed by atoms with Gasteiger partial charge < -0.3 is 10.3 Å². The van der Waals surface area contributed by atoms with Crippen LogP contribution >= 0.6 is 19.5 Å². The molecule has 0 amide bonds. The first-order chi connectivity index (χ1) is 5.02. The molecular formula is C8H19ClNOP. The van der Waals surface area contributed by atoms with Gasteiger partial charge in [-0.3, -0.25) is 0 Å². The largest absolute Gasteiger partial charge is 0.323 e. The van der Waals surface area contributed by atoms with E-state index in [0.29, 0.717) is 5.92 Å². The van der Waals surface area contributed by atoms with E-state index < -0.39 is 7.14 Å². The van der Waals surface area contributed by atoms with Gasteiger partial charge in [0.2, 0.25) is 0 Å². The van der Waals surface area contributed by atoms with Crippen LogP contribution in [0.5, 0.6) is 0 Å². The van der Waals surface area contributed by atoms with Crippen LogP contribution in [-0.2, 0) is 4.57 Å². The van der Waals surface area contributed by atoms with Crippen LogP contribution in [-0.4, -0.2) is 19.1 Å². The van der Waals surface area contributed by atoms with Gasteiger partial charge in [0.25, 0.3) is 0 Å². The third-order valence-electron chi connectivity index (χ3n) is 2.60. The summed E-state index contributed by atoms with van der Waals surface area (Å²) in [6.07, 6.45) is 4.93. The second-order valence-corrected chi connectivity index (χ2v) is 7.43. The molecule has 1 aliphatic carbocycles. The van der Waals surface area contributed by atoms with Crippen LogP contribution in [0.2, 0.25) is 0 Å². The molecule has 1 fully saturated rings. The first-order valence-corrected chi connectivity index (χ1v) is 6.99. The van der Waals surface area contributed by atoms with E-state index in [0.717, 1.165) is 0 Å². The quantitative estimate of drug-likeness (QED) is 0.714. The van der Waals surface area contributed by atoms with Crippen LogP contribution in [0, 0.1) is 5.92 Å². The summed E-state index contributed by atoms with van der Waals surface area (Å²) in [7, 11) is -2.03. The molecule has 0 aromatic rings. The Bertz CT molecular complexity index is 174. The van der Waals surface area contributed by atoms with Crippen molar-refractivity contribution in [1.29, 1.82) is 0 Å². The van der Waals surface area contributed by atoms with Gasteiger partial charge in [-0.1, -0.05) is 12.8 Å². The van der Waals surface area contributed by atoms with Crippen molar-refractivity contribution >= 4 is 19.5 Å². The molecule has 74 valence electrons. The Morgan fingerprint density at radius 1 is 1.33 bits per heavy atom. The summed E-state index contributed by atoms with van der Waals surface area (Å²) in [5.74, 6) is 0.501. The van der Waals surface area contributed by atoms with Crippen LogP contribution < -0.4 is 5.73 Å². The van der Waals surface area contributed by atoms with E-state index in [-0.39, 0.29) is 18.2 Å². The average Bonchev–Trinajstić information content (AvgIpc) is 2.34. The normalized spacial score (nSPS) is 21.9. The zero-order chi connectivity index (χ0) is 8.48. The van der Waals surface area contributed by atoms with Crippen molar-refractivity contribution in [3.8, 4) is 0 Å². The maximum atomic E-state index is 11.6. The van der Waals surface area contributed by atoms with Gasteiger partial charge in [-0.25, -0.2) is 0 Å². The number of nitrogens with two attached hydrogens (primary N) is 1. The van der Waals surface area contributed by atoms with Gasteiger partial charge >= 0.3 is 0 Å². The molecule has 1 aliphatic rings. The number of hydrogen-bond donors (Lipinski definition) is 1. The van der Waals surface area contributed by atoms with Crippen molar-refractivity contribution in [3.63, 3.8) is 0 Å². The highest BCUT2D eigenvalue weighted by Gasteiger charge is 2.29. The molecule has 2 N–H and O–H groups in total. The van der Waals surface area contributed by atoms with Crippen molar-refractivity contribution in [2.45, 2.75) is 31.5 Å². The van der Waals surface area contributed by atoms with E-state index in [4.69, 9.17) is 5.73 Å². The monoisotopic (exact) mass is 211 g/mol. The maximum Gasteiger partial charge on any atom is 0.0979 e. The van der Waals surface area contributed by atoms with Crippen LogP contribution in [0.15, 0.2) is 0 Å². The lowest BCUT2D eigenvalue weighted by Gasteiger charge is -2.22. The Morgan fingerprint density at radius 2 is 1.75 bits per heavy atom. The summed E-state index contributed by atoms with van der Waals surface area (Å²) < 4.78 is 11.6. The van der Waals surface area contributed by atoms with Gasteiger partial charge in [-0.05, 0) is 32.1 Å². The molecule has 12 heavy (non-hydrogen) atoms. The first-order valence-electron chi connectivity index (χ1n) is 4.32. The maximum absolute atomic E-state index is 11.6. The van der Waals surface area contributed by atoms with E-state index in [2.05, 4.69) is 0 Å². The Labute approximate surface area is 81.1 Å². The van der Waals surface area contributed by atoms with E-state index in [1.165, 1.54) is 25.7 Å². The molecule has 0 aliphatic heterocycles. The van der Waals surface area contributed by atoms with Gasteiger partial charge in [-0.15, -0.1) is 12.4 Å². The van der Waals surface area contributed by atoms with E-state index in [1.54, 1.807) is 13.3 Å². The molecule has 0 spiro atoms. The van der Waals surface area contributed by atoms with Crippen LogP contribution in [0.1, 0.15) is 25.7 Å². The third-order valence-corrected chi connectivity index (χ3v) is 4.46. The van der Waals surface area contributed by atoms with E-state index in [1.807, 2.05) is 0 Å². The Kier molecular flexibility index (Phi) is 4.83. The Morgan fingerprint density at radius 3 is 2.08 bits per heavy atom. The molecule has 0 unspecified atom stereocenters. The highest BCUT2D eigenvalue weighted by atomic mass is 35.5. The first kappa shape index (κ1) is 12.5. The summed E-state index contributed by atoms with van der Waals surface area (Å²) in [5.41, 5.74) is 5.89. The summed E-state index contributed by atoms with van der Waals surface area (Å²) >= 11 is 0. The minimum Gasteiger partial charge on any atom is -0.323 e. The molecule has 2 nitrogen and oxygen atoms in total. The molecule has 0 aromatic carbocycles. The summed E-state index contributed by atoms with van der Waals surface area (Å²) in [6.45, 7) is 3.60. The highest BCUT2D eigenvalue weighted by Crippen LogP contribution is 2.47. The molecule has 0 heterocycles. The van der Waals surface area contributed by atoms with Crippen molar-refractivity contribution < 1.29 is 4.57 Å². The second-order valence-electron chi connectivity index (χ2n) is 3.97. The fraction of sp³-hybridized carbons (Fsp3) is 1.00. The zero-order valence-electron chi connectivity index (χ0n) is 7.82. The smallest absolute Gasteiger partial charge is 0.0979 e. The molecule has 1 atom stereocenters. The van der Waals surface area contributed by atoms with Crippen LogP contribution in [0.4, 0.5) is 0 Å². The minimum atomic E-state index is -2.03. The number of hydrogen-bond acceptors (Lipinski definition) is 2. The SMILES string of the molecule is CP(C)(=O)[C@H](N)C1CCCC1.Cl. The Balaban J connectivity index is 0.00000121. The lowest BCUT2D eigenvalue weighted by molar-refractivity contribution is 0.494. The van der Waals surface area contributed by atoms with Crippen molar-refractivity contribution in [2.24, 2.45) is 11.7 Å². The van der Waals surface area contributed by atoms with Crippen LogP contribution in [0.3, 0.4) is 0 Å². The molecule has 1 saturated carbocycles. The predicted molar refractivity (Wildman–Crippen MR) is 56.6 cm³/mol. The fourth-order valence-electron chi connectivity index (χ4n) is 1.81.